The van der Waals surface area contributed by atoms with Crippen molar-refractivity contribution in [3.8, 4) is 5.75 Å². The maximum absolute atomic E-state index is 13.2. The molecule has 0 saturated carbocycles. The van der Waals surface area contributed by atoms with E-state index in [9.17, 15) is 14.7 Å². The van der Waals surface area contributed by atoms with Crippen LogP contribution in [0.3, 0.4) is 0 Å². The molecule has 0 amide bonds. The molecule has 1 saturated heterocycles. The number of piperidine rings is 1. The molecule has 4 N–H and O–H groups in total. The van der Waals surface area contributed by atoms with Crippen molar-refractivity contribution in [3.05, 3.63) is 76.1 Å². The van der Waals surface area contributed by atoms with Crippen molar-refractivity contribution in [2.45, 2.75) is 44.9 Å². The fraction of sp³-hybridized carbons (Fsp3) is 0.419. The van der Waals surface area contributed by atoms with Crippen LogP contribution in [0.15, 0.2) is 48.5 Å². The van der Waals surface area contributed by atoms with Crippen molar-refractivity contribution in [2.75, 3.05) is 44.8 Å². The van der Waals surface area contributed by atoms with Gasteiger partial charge in [-0.3, -0.25) is 4.79 Å². The number of carbonyl (C=O) groups is 2. The number of aromatic carboxylic acids is 1. The van der Waals surface area contributed by atoms with E-state index in [2.05, 4.69) is 22.1 Å². The number of halogens is 1. The predicted octanol–water partition coefficient (Wildman–Crippen LogP) is 3.73. The first-order valence-corrected chi connectivity index (χ1v) is 14.5. The summed E-state index contributed by atoms with van der Waals surface area (Å²) in [7, 11) is 1.67. The lowest BCUT2D eigenvalue weighted by Crippen LogP contribution is -2.55. The lowest BCUT2D eigenvalue weighted by Gasteiger charge is -2.45. The summed E-state index contributed by atoms with van der Waals surface area (Å²) in [5.74, 6) is -0.259. The fourth-order valence-corrected chi connectivity index (χ4v) is 6.10. The van der Waals surface area contributed by atoms with Crippen molar-refractivity contribution < 1.29 is 23.9 Å². The van der Waals surface area contributed by atoms with Crippen LogP contribution in [0, 0.1) is 5.92 Å². The summed E-state index contributed by atoms with van der Waals surface area (Å²) < 4.78 is 6.23. The van der Waals surface area contributed by atoms with Gasteiger partial charge in [0.1, 0.15) is 11.4 Å². The number of nitrogens with zero attached hydrogens (tertiary/aromatic N) is 3. The molecule has 0 bridgehead atoms. The van der Waals surface area contributed by atoms with E-state index in [1.807, 2.05) is 24.3 Å². The molecule has 0 spiro atoms. The number of benzene rings is 2. The average molecular weight is 580 g/mol. The zero-order valence-electron chi connectivity index (χ0n) is 23.5. The molecular weight excluding hydrogens is 542 g/mol. The molecule has 10 heteroatoms. The minimum absolute atomic E-state index is 0.0116. The summed E-state index contributed by atoms with van der Waals surface area (Å²) in [6, 6.07) is 15.1. The van der Waals surface area contributed by atoms with Gasteiger partial charge in [0.25, 0.3) is 0 Å². The minimum atomic E-state index is -1.17. The highest BCUT2D eigenvalue weighted by Gasteiger charge is 2.36. The lowest BCUT2D eigenvalue weighted by molar-refractivity contribution is -0.936. The number of carbonyl (C=O) groups excluding carboxylic acids is 2. The van der Waals surface area contributed by atoms with Gasteiger partial charge in [-0.2, -0.15) is 0 Å². The molecular formula is C31H38ClN5O4. The molecule has 1 aromatic heterocycles. The number of carboxylic acid groups (broad SMARTS) is 1. The molecule has 0 aliphatic carbocycles. The maximum atomic E-state index is 13.2. The standard InChI is InChI=1S/C31H38ClN5O4/c1-41-25-14-10-22(11-15-25)6-3-17-37(16-2-5-21-8-12-24(13-9-21)31(39)40)18-4-7-23(20-37)19-26(38)27-29(33)36-30(34)28(32)35-27/h8-15,23H,2-7,16-20H2,1H3,(H4-,33,34,36,38,39,40). The summed E-state index contributed by atoms with van der Waals surface area (Å²) in [6.45, 7) is 3.95. The van der Waals surface area contributed by atoms with Crippen LogP contribution < -0.4 is 21.3 Å². The summed E-state index contributed by atoms with van der Waals surface area (Å²) in [5, 5.41) is 11.1. The Morgan fingerprint density at radius 3 is 2.17 bits per heavy atom. The molecule has 218 valence electrons. The Morgan fingerprint density at radius 1 is 0.976 bits per heavy atom. The number of carboxylic acids is 1. The highest BCUT2D eigenvalue weighted by Crippen LogP contribution is 2.30. The van der Waals surface area contributed by atoms with Crippen LogP contribution in [0.1, 0.15) is 64.1 Å². The van der Waals surface area contributed by atoms with Crippen molar-refractivity contribution in [1.29, 1.82) is 0 Å². The number of ether oxygens (including phenoxy) is 1. The van der Waals surface area contributed by atoms with Gasteiger partial charge in [0, 0.05) is 25.2 Å². The van der Waals surface area contributed by atoms with E-state index in [1.165, 1.54) is 5.56 Å². The van der Waals surface area contributed by atoms with E-state index in [0.29, 0.717) is 6.42 Å². The van der Waals surface area contributed by atoms with Gasteiger partial charge < -0.3 is 30.6 Å². The number of hydrogen-bond acceptors (Lipinski definition) is 8. The number of aryl methyl sites for hydroxylation is 2. The number of rotatable bonds is 13. The van der Waals surface area contributed by atoms with E-state index >= 15 is 0 Å². The highest BCUT2D eigenvalue weighted by molar-refractivity contribution is 6.31. The van der Waals surface area contributed by atoms with Crippen molar-refractivity contribution >= 4 is 35.0 Å². The van der Waals surface area contributed by atoms with E-state index in [4.69, 9.17) is 27.8 Å². The Morgan fingerprint density at radius 2 is 1.59 bits per heavy atom. The molecule has 2 atom stereocenters. The number of likely N-dealkylation sites (tertiary alicyclic amines) is 1. The molecule has 1 aliphatic heterocycles. The fourth-order valence-electron chi connectivity index (χ4n) is 5.97. The highest BCUT2D eigenvalue weighted by atomic mass is 35.5. The van der Waals surface area contributed by atoms with Crippen LogP contribution in [0.5, 0.6) is 5.75 Å². The Labute approximate surface area is 246 Å². The molecule has 2 unspecified atom stereocenters. The van der Waals surface area contributed by atoms with Gasteiger partial charge >= 0.3 is 0 Å². The third-order valence-corrected chi connectivity index (χ3v) is 8.36. The van der Waals surface area contributed by atoms with Gasteiger partial charge in [0.2, 0.25) is 0 Å². The maximum Gasteiger partial charge on any atom is 0.185 e. The Hall–Kier alpha value is -3.69. The second kappa shape index (κ2) is 13.8. The summed E-state index contributed by atoms with van der Waals surface area (Å²) >= 11 is 6.03. The summed E-state index contributed by atoms with van der Waals surface area (Å²) in [6.07, 6.45) is 6.14. The van der Waals surface area contributed by atoms with Crippen LogP contribution in [-0.2, 0) is 12.8 Å². The summed E-state index contributed by atoms with van der Waals surface area (Å²) in [5.41, 5.74) is 14.3. The van der Waals surface area contributed by atoms with Crippen LogP contribution in [0.4, 0.5) is 11.6 Å². The first-order valence-electron chi connectivity index (χ1n) is 14.1. The first kappa shape index (κ1) is 30.3. The van der Waals surface area contributed by atoms with Crippen molar-refractivity contribution in [2.24, 2.45) is 5.92 Å². The molecule has 1 aliphatic rings. The van der Waals surface area contributed by atoms with Gasteiger partial charge in [-0.15, -0.1) is 0 Å². The Bertz CT molecular complexity index is 1350. The second-order valence-corrected chi connectivity index (χ2v) is 11.4. The number of anilines is 2. The average Bonchev–Trinajstić information content (AvgIpc) is 2.96. The number of methoxy groups -OCH3 is 1. The van der Waals surface area contributed by atoms with Crippen LogP contribution >= 0.6 is 11.6 Å². The Kier molecular flexibility index (Phi) is 10.2. The number of nitrogens with two attached hydrogens (primary N) is 2. The molecule has 9 nitrogen and oxygen atoms in total. The van der Waals surface area contributed by atoms with Gasteiger partial charge in [0.05, 0.1) is 39.3 Å². The van der Waals surface area contributed by atoms with E-state index in [1.54, 1.807) is 19.2 Å². The normalized spacial score (nSPS) is 18.6. The molecule has 4 rings (SSSR count). The number of nitrogen functional groups attached to an aromatic ring is 2. The molecule has 3 aromatic rings. The molecule has 2 aromatic carbocycles. The number of Topliss-reactive ketones (excluding diaryl/α,β-unsaturated/α-hetero) is 1. The minimum Gasteiger partial charge on any atom is -0.545 e. The SMILES string of the molecule is COc1ccc(CCC[N+]2(CCCc3ccc(C(=O)[O-])cc3)CCCC(CC(=O)c3nc(Cl)c(N)nc3N)C2)cc1. The molecule has 2 heterocycles. The topological polar surface area (TPSA) is 144 Å². The van der Waals surface area contributed by atoms with Crippen molar-refractivity contribution in [1.82, 2.24) is 9.97 Å². The summed E-state index contributed by atoms with van der Waals surface area (Å²) in [4.78, 5) is 32.4. The second-order valence-electron chi connectivity index (χ2n) is 11.0. The van der Waals surface area contributed by atoms with Crippen LogP contribution in [-0.4, -0.2) is 59.5 Å². The largest absolute Gasteiger partial charge is 0.545 e. The van der Waals surface area contributed by atoms with Gasteiger partial charge in [0.15, 0.2) is 22.6 Å². The van der Waals surface area contributed by atoms with Gasteiger partial charge in [-0.05, 0) is 54.5 Å². The lowest BCUT2D eigenvalue weighted by atomic mass is 9.89. The zero-order valence-corrected chi connectivity index (χ0v) is 24.2. The third-order valence-electron chi connectivity index (χ3n) is 8.08. The number of aromatic nitrogens is 2. The number of hydrogen-bond donors (Lipinski definition) is 2. The quantitative estimate of drug-likeness (QED) is 0.230. The first-order chi connectivity index (χ1) is 19.7. The predicted molar refractivity (Wildman–Crippen MR) is 158 cm³/mol. The smallest absolute Gasteiger partial charge is 0.185 e. The van der Waals surface area contributed by atoms with E-state index < -0.39 is 5.97 Å². The monoisotopic (exact) mass is 579 g/mol. The molecule has 41 heavy (non-hydrogen) atoms. The van der Waals surface area contributed by atoms with E-state index in [-0.39, 0.29) is 39.7 Å². The molecule has 1 fully saturated rings. The number of ketones is 1. The third kappa shape index (κ3) is 8.17. The zero-order chi connectivity index (χ0) is 29.4. The van der Waals surface area contributed by atoms with E-state index in [0.717, 1.165) is 80.5 Å². The van der Waals surface area contributed by atoms with Gasteiger partial charge in [-0.25, -0.2) is 9.97 Å². The van der Waals surface area contributed by atoms with Crippen LogP contribution in [0.25, 0.3) is 0 Å². The van der Waals surface area contributed by atoms with Gasteiger partial charge in [-0.1, -0.05) is 48.0 Å². The van der Waals surface area contributed by atoms with Crippen molar-refractivity contribution in [3.63, 3.8) is 0 Å². The number of quaternary nitrogens is 1. The van der Waals surface area contributed by atoms with Crippen LogP contribution in [0.2, 0.25) is 5.15 Å². The molecule has 0 radical (unpaired) electrons. The Balaban J connectivity index is 1.43.